The van der Waals surface area contributed by atoms with Gasteiger partial charge in [-0.2, -0.15) is 5.10 Å². The van der Waals surface area contributed by atoms with Crippen molar-refractivity contribution in [3.8, 4) is 0 Å². The number of carbonyl (C=O) groups excluding carboxylic acids is 1. The van der Waals surface area contributed by atoms with Gasteiger partial charge in [-0.15, -0.1) is 11.3 Å². The van der Waals surface area contributed by atoms with Crippen molar-refractivity contribution in [2.75, 3.05) is 6.54 Å². The Morgan fingerprint density at radius 1 is 1.30 bits per heavy atom. The van der Waals surface area contributed by atoms with E-state index in [1.165, 1.54) is 16.0 Å². The Hall–Kier alpha value is -2.21. The van der Waals surface area contributed by atoms with Crippen molar-refractivity contribution in [1.29, 1.82) is 0 Å². The average Bonchev–Trinajstić information content (AvgIpc) is 3.35. The first-order valence-electron chi connectivity index (χ1n) is 9.59. The van der Waals surface area contributed by atoms with Gasteiger partial charge in [0.2, 0.25) is 5.91 Å². The quantitative estimate of drug-likeness (QED) is 0.678. The molecule has 27 heavy (non-hydrogen) atoms. The second kappa shape index (κ2) is 7.08. The highest BCUT2D eigenvalue weighted by Gasteiger charge is 2.30. The molecule has 3 aromatic heterocycles. The molecule has 1 aliphatic rings. The number of rotatable bonds is 4. The molecule has 0 N–H and O–H groups in total. The van der Waals surface area contributed by atoms with E-state index in [0.717, 1.165) is 48.2 Å². The second-order valence-corrected chi connectivity index (χ2v) is 8.45. The number of pyridine rings is 1. The van der Waals surface area contributed by atoms with Crippen molar-refractivity contribution < 1.29 is 4.79 Å². The van der Waals surface area contributed by atoms with Gasteiger partial charge in [-0.1, -0.05) is 6.07 Å². The van der Waals surface area contributed by atoms with Crippen LogP contribution >= 0.6 is 11.3 Å². The van der Waals surface area contributed by atoms with E-state index in [4.69, 9.17) is 4.98 Å². The zero-order valence-electron chi connectivity index (χ0n) is 16.5. The molecular weight excluding hydrogens is 356 g/mol. The predicted molar refractivity (Wildman–Crippen MR) is 109 cm³/mol. The van der Waals surface area contributed by atoms with Gasteiger partial charge >= 0.3 is 0 Å². The molecule has 0 bridgehead atoms. The minimum Gasteiger partial charge on any atom is -0.335 e. The van der Waals surface area contributed by atoms with Crippen LogP contribution < -0.4 is 0 Å². The lowest BCUT2D eigenvalue weighted by molar-refractivity contribution is -0.132. The van der Waals surface area contributed by atoms with E-state index in [1.807, 2.05) is 25.6 Å². The van der Waals surface area contributed by atoms with Crippen LogP contribution in [0.4, 0.5) is 0 Å². The summed E-state index contributed by atoms with van der Waals surface area (Å²) in [6.07, 6.45) is 3.44. The Labute approximate surface area is 164 Å². The molecule has 3 aromatic rings. The molecule has 1 aliphatic heterocycles. The Morgan fingerprint density at radius 2 is 2.11 bits per heavy atom. The number of aryl methyl sites for hydroxylation is 4. The molecule has 142 valence electrons. The highest BCUT2D eigenvalue weighted by molar-refractivity contribution is 7.10. The monoisotopic (exact) mass is 382 g/mol. The zero-order valence-corrected chi connectivity index (χ0v) is 17.3. The maximum atomic E-state index is 13.0. The van der Waals surface area contributed by atoms with E-state index in [1.54, 1.807) is 11.3 Å². The summed E-state index contributed by atoms with van der Waals surface area (Å²) >= 11 is 1.75. The predicted octanol–water partition coefficient (Wildman–Crippen LogP) is 4.25. The number of amides is 1. The number of hydrogen-bond donors (Lipinski definition) is 0. The SMILES string of the molecule is Cc1nc2c(c(C)nn2C)c(C)c1CCC(=O)N1CCCC1c1cccs1. The molecule has 0 aromatic carbocycles. The summed E-state index contributed by atoms with van der Waals surface area (Å²) in [6.45, 7) is 7.07. The van der Waals surface area contributed by atoms with Gasteiger partial charge in [-0.05, 0) is 62.6 Å². The van der Waals surface area contributed by atoms with Crippen molar-refractivity contribution in [1.82, 2.24) is 19.7 Å². The fourth-order valence-electron chi connectivity index (χ4n) is 4.45. The third-order valence-corrected chi connectivity index (χ3v) is 6.74. The maximum Gasteiger partial charge on any atom is 0.223 e. The largest absolute Gasteiger partial charge is 0.335 e. The Bertz CT molecular complexity index is 990. The maximum absolute atomic E-state index is 13.0. The fourth-order valence-corrected chi connectivity index (χ4v) is 5.32. The third-order valence-electron chi connectivity index (χ3n) is 5.76. The molecule has 4 heterocycles. The Balaban J connectivity index is 1.55. The van der Waals surface area contributed by atoms with Crippen LogP contribution in [0.25, 0.3) is 11.0 Å². The number of likely N-dealkylation sites (tertiary alicyclic amines) is 1. The van der Waals surface area contributed by atoms with Gasteiger partial charge in [-0.25, -0.2) is 4.98 Å². The van der Waals surface area contributed by atoms with Crippen LogP contribution in [0.1, 0.15) is 52.7 Å². The first-order chi connectivity index (χ1) is 13.0. The number of carbonyl (C=O) groups is 1. The van der Waals surface area contributed by atoms with Gasteiger partial charge in [0.1, 0.15) is 0 Å². The summed E-state index contributed by atoms with van der Waals surface area (Å²) in [5.41, 5.74) is 5.34. The lowest BCUT2D eigenvalue weighted by Crippen LogP contribution is -2.30. The van der Waals surface area contributed by atoms with E-state index < -0.39 is 0 Å². The van der Waals surface area contributed by atoms with E-state index >= 15 is 0 Å². The smallest absolute Gasteiger partial charge is 0.223 e. The summed E-state index contributed by atoms with van der Waals surface area (Å²) in [5, 5.41) is 7.74. The number of nitrogens with zero attached hydrogens (tertiary/aromatic N) is 4. The number of thiophene rings is 1. The molecule has 1 amide bonds. The van der Waals surface area contributed by atoms with E-state index in [-0.39, 0.29) is 11.9 Å². The number of aromatic nitrogens is 3. The van der Waals surface area contributed by atoms with E-state index in [0.29, 0.717) is 6.42 Å². The lowest BCUT2D eigenvalue weighted by Gasteiger charge is -2.24. The third kappa shape index (κ3) is 3.16. The highest BCUT2D eigenvalue weighted by Crippen LogP contribution is 2.35. The van der Waals surface area contributed by atoms with Crippen LogP contribution in [0.3, 0.4) is 0 Å². The molecule has 1 atom stereocenters. The first kappa shape index (κ1) is 18.2. The van der Waals surface area contributed by atoms with Crippen molar-refractivity contribution in [3.63, 3.8) is 0 Å². The lowest BCUT2D eigenvalue weighted by atomic mass is 9.99. The summed E-state index contributed by atoms with van der Waals surface area (Å²) < 4.78 is 1.84. The van der Waals surface area contributed by atoms with Crippen molar-refractivity contribution >= 4 is 28.3 Å². The van der Waals surface area contributed by atoms with E-state index in [2.05, 4.69) is 34.4 Å². The van der Waals surface area contributed by atoms with Gasteiger partial charge in [0.15, 0.2) is 5.65 Å². The fraction of sp³-hybridized carbons (Fsp3) is 0.476. The molecule has 4 rings (SSSR count). The van der Waals surface area contributed by atoms with Gasteiger partial charge in [0, 0.05) is 36.0 Å². The first-order valence-corrected chi connectivity index (χ1v) is 10.5. The summed E-state index contributed by atoms with van der Waals surface area (Å²) in [4.78, 5) is 21.1. The van der Waals surface area contributed by atoms with E-state index in [9.17, 15) is 4.79 Å². The molecule has 6 heteroatoms. The van der Waals surface area contributed by atoms with Crippen molar-refractivity contribution in [2.24, 2.45) is 7.05 Å². The topological polar surface area (TPSA) is 51.0 Å². The molecule has 0 radical (unpaired) electrons. The molecule has 0 aliphatic carbocycles. The summed E-state index contributed by atoms with van der Waals surface area (Å²) in [6, 6.07) is 4.49. The second-order valence-electron chi connectivity index (χ2n) is 7.47. The average molecular weight is 383 g/mol. The van der Waals surface area contributed by atoms with Crippen molar-refractivity contribution in [2.45, 2.75) is 52.5 Å². The highest BCUT2D eigenvalue weighted by atomic mass is 32.1. The van der Waals surface area contributed by atoms with Crippen molar-refractivity contribution in [3.05, 3.63) is 44.9 Å². The van der Waals surface area contributed by atoms with Crippen LogP contribution in [0, 0.1) is 20.8 Å². The van der Waals surface area contributed by atoms with Crippen LogP contribution in [-0.2, 0) is 18.3 Å². The number of fused-ring (bicyclic) bond motifs is 1. The molecule has 1 fully saturated rings. The standard InChI is InChI=1S/C21H26N4OS/c1-13-16(14(2)22-21-20(13)15(3)23-24(21)4)9-10-19(26)25-11-5-7-17(25)18-8-6-12-27-18/h6,8,12,17H,5,7,9-11H2,1-4H3. The van der Waals surface area contributed by atoms with Gasteiger partial charge in [0.05, 0.1) is 11.7 Å². The minimum absolute atomic E-state index is 0.257. The van der Waals surface area contributed by atoms with Gasteiger partial charge in [-0.3, -0.25) is 9.48 Å². The molecule has 1 saturated heterocycles. The Morgan fingerprint density at radius 3 is 2.85 bits per heavy atom. The Kier molecular flexibility index (Phi) is 4.76. The molecular formula is C21H26N4OS. The molecule has 0 spiro atoms. The van der Waals surface area contributed by atoms with Crippen LogP contribution in [-0.4, -0.2) is 32.1 Å². The van der Waals surface area contributed by atoms with Crippen LogP contribution in [0.5, 0.6) is 0 Å². The summed E-state index contributed by atoms with van der Waals surface area (Å²) in [5.74, 6) is 0.257. The molecule has 0 saturated carbocycles. The van der Waals surface area contributed by atoms with Gasteiger partial charge in [0.25, 0.3) is 0 Å². The normalized spacial score (nSPS) is 17.2. The zero-order chi connectivity index (χ0) is 19.1. The summed E-state index contributed by atoms with van der Waals surface area (Å²) in [7, 11) is 1.93. The molecule has 5 nitrogen and oxygen atoms in total. The molecule has 1 unspecified atom stereocenters. The van der Waals surface area contributed by atoms with Crippen LogP contribution in [0.2, 0.25) is 0 Å². The van der Waals surface area contributed by atoms with Crippen LogP contribution in [0.15, 0.2) is 17.5 Å². The van der Waals surface area contributed by atoms with Gasteiger partial charge < -0.3 is 4.90 Å². The number of hydrogen-bond acceptors (Lipinski definition) is 4. The minimum atomic E-state index is 0.257.